The molecule has 1 saturated carbocycles. The predicted octanol–water partition coefficient (Wildman–Crippen LogP) is 2.46. The zero-order valence-electron chi connectivity index (χ0n) is 19.4. The second-order valence-corrected chi connectivity index (χ2v) is 8.12. The smallest absolute Gasteiger partial charge is 0.481 e. The lowest BCUT2D eigenvalue weighted by molar-refractivity contribution is -0.143. The number of hydroxylamine groups is 2. The largest absolute Gasteiger partial charge is 0.528 e. The number of aromatic nitrogens is 5. The molecule has 2 aromatic heterocycles. The Kier molecular flexibility index (Phi) is 8.68. The van der Waals surface area contributed by atoms with Crippen molar-refractivity contribution in [1.29, 1.82) is 0 Å². The van der Waals surface area contributed by atoms with E-state index >= 15 is 0 Å². The maximum absolute atomic E-state index is 12.2. The third-order valence-electron chi connectivity index (χ3n) is 5.50. The van der Waals surface area contributed by atoms with Gasteiger partial charge in [0.25, 0.3) is 0 Å². The Labute approximate surface area is 196 Å². The lowest BCUT2D eigenvalue weighted by Crippen LogP contribution is -2.30. The molecule has 2 aromatic rings. The number of nitrogens with zero attached hydrogens (tertiary/aromatic N) is 6. The van der Waals surface area contributed by atoms with Crippen molar-refractivity contribution < 1.29 is 33.4 Å². The summed E-state index contributed by atoms with van der Waals surface area (Å²) in [4.78, 5) is 37.0. The predicted molar refractivity (Wildman–Crippen MR) is 115 cm³/mol. The molecular formula is C21H29FN6O6. The van der Waals surface area contributed by atoms with Crippen molar-refractivity contribution >= 4 is 12.1 Å². The minimum atomic E-state index is -0.938. The van der Waals surface area contributed by atoms with Crippen molar-refractivity contribution in [2.75, 3.05) is 20.3 Å². The zero-order valence-corrected chi connectivity index (χ0v) is 19.4. The Morgan fingerprint density at radius 2 is 2.15 bits per heavy atom. The average Bonchev–Trinajstić information content (AvgIpc) is 3.18. The molecule has 0 radical (unpaired) electrons. The van der Waals surface area contributed by atoms with Gasteiger partial charge in [-0.25, -0.2) is 19.4 Å². The van der Waals surface area contributed by atoms with Gasteiger partial charge in [-0.2, -0.15) is 0 Å². The van der Waals surface area contributed by atoms with Crippen LogP contribution in [0.25, 0.3) is 11.4 Å². The van der Waals surface area contributed by atoms with Gasteiger partial charge in [0.15, 0.2) is 0 Å². The molecule has 0 spiro atoms. The van der Waals surface area contributed by atoms with E-state index in [1.54, 1.807) is 14.0 Å². The standard InChI is InChI=1S/C21H29FN6O6/c1-13-19(33-15-7-4-6-14(10-15)20(29)30)23-11-16(24-13)18-17(28(3)26-25-18)12-32-21(31)34-27(2)9-5-8-22/h11,14-15H,4-10,12H2,1-3H3,(H,29,30)/t14-,15-/m0/s1. The van der Waals surface area contributed by atoms with Gasteiger partial charge in [-0.05, 0) is 39.0 Å². The molecule has 0 amide bonds. The molecular weight excluding hydrogens is 451 g/mol. The minimum absolute atomic E-state index is 0.174. The summed E-state index contributed by atoms with van der Waals surface area (Å²) in [6.45, 7) is 1.29. The number of hydrogen-bond acceptors (Lipinski definition) is 10. The molecule has 13 heteroatoms. The number of carbonyl (C=O) groups excluding carboxylic acids is 1. The van der Waals surface area contributed by atoms with Gasteiger partial charge in [0.05, 0.1) is 18.8 Å². The maximum Gasteiger partial charge on any atom is 0.528 e. The van der Waals surface area contributed by atoms with Gasteiger partial charge >= 0.3 is 12.1 Å². The Morgan fingerprint density at radius 3 is 2.85 bits per heavy atom. The van der Waals surface area contributed by atoms with E-state index in [-0.39, 0.29) is 25.7 Å². The third-order valence-corrected chi connectivity index (χ3v) is 5.50. The second-order valence-electron chi connectivity index (χ2n) is 8.12. The maximum atomic E-state index is 12.2. The van der Waals surface area contributed by atoms with Crippen molar-refractivity contribution in [2.24, 2.45) is 13.0 Å². The number of halogens is 1. The van der Waals surface area contributed by atoms with Crippen LogP contribution in [0.1, 0.15) is 43.5 Å². The van der Waals surface area contributed by atoms with Crippen LogP contribution in [-0.2, 0) is 28.0 Å². The van der Waals surface area contributed by atoms with Crippen LogP contribution < -0.4 is 4.74 Å². The van der Waals surface area contributed by atoms with Crippen molar-refractivity contribution in [3.05, 3.63) is 17.6 Å². The first-order chi connectivity index (χ1) is 16.3. The Balaban J connectivity index is 1.65. The van der Waals surface area contributed by atoms with E-state index in [0.29, 0.717) is 41.5 Å². The van der Waals surface area contributed by atoms with E-state index in [2.05, 4.69) is 20.3 Å². The van der Waals surface area contributed by atoms with Crippen molar-refractivity contribution in [3.63, 3.8) is 0 Å². The normalized spacial score (nSPS) is 18.0. The van der Waals surface area contributed by atoms with Crippen LogP contribution in [0.3, 0.4) is 0 Å². The number of carbonyl (C=O) groups is 2. The number of rotatable bonds is 10. The van der Waals surface area contributed by atoms with Crippen LogP contribution >= 0.6 is 0 Å². The Bertz CT molecular complexity index is 1000. The minimum Gasteiger partial charge on any atom is -0.481 e. The molecule has 2 heterocycles. The second kappa shape index (κ2) is 11.7. The first kappa shape index (κ1) is 25.3. The molecule has 186 valence electrons. The fraction of sp³-hybridized carbons (Fsp3) is 0.619. The van der Waals surface area contributed by atoms with E-state index in [1.165, 1.54) is 23.0 Å². The van der Waals surface area contributed by atoms with Crippen LogP contribution in [0.4, 0.5) is 9.18 Å². The molecule has 1 aliphatic carbocycles. The van der Waals surface area contributed by atoms with Crippen LogP contribution in [0.2, 0.25) is 0 Å². The van der Waals surface area contributed by atoms with Gasteiger partial charge in [0, 0.05) is 20.6 Å². The molecule has 0 saturated heterocycles. The SMILES string of the molecule is Cc1nc(-c2nnn(C)c2COC(=O)ON(C)CCCF)cnc1O[C@H]1CCC[C@H](C(=O)O)C1. The molecule has 0 aliphatic heterocycles. The summed E-state index contributed by atoms with van der Waals surface area (Å²) in [5.74, 6) is -0.885. The number of carboxylic acid groups (broad SMARTS) is 1. The highest BCUT2D eigenvalue weighted by Gasteiger charge is 2.29. The van der Waals surface area contributed by atoms with E-state index in [4.69, 9.17) is 14.3 Å². The van der Waals surface area contributed by atoms with Crippen molar-refractivity contribution in [3.8, 4) is 17.3 Å². The van der Waals surface area contributed by atoms with Gasteiger partial charge in [-0.1, -0.05) is 5.21 Å². The summed E-state index contributed by atoms with van der Waals surface area (Å²) in [6.07, 6.45) is 3.17. The van der Waals surface area contributed by atoms with E-state index in [9.17, 15) is 19.1 Å². The lowest BCUT2D eigenvalue weighted by Gasteiger charge is -2.27. The molecule has 1 N–H and O–H groups in total. The summed E-state index contributed by atoms with van der Waals surface area (Å²) in [7, 11) is 3.15. The van der Waals surface area contributed by atoms with Gasteiger partial charge in [-0.15, -0.1) is 10.2 Å². The highest BCUT2D eigenvalue weighted by molar-refractivity contribution is 5.70. The van der Waals surface area contributed by atoms with Crippen LogP contribution in [0.5, 0.6) is 5.88 Å². The Hall–Kier alpha value is -3.35. The molecule has 34 heavy (non-hydrogen) atoms. The number of carboxylic acids is 1. The summed E-state index contributed by atoms with van der Waals surface area (Å²) in [5.41, 5.74) is 1.78. The molecule has 0 aromatic carbocycles. The third kappa shape index (κ3) is 6.59. The molecule has 0 unspecified atom stereocenters. The van der Waals surface area contributed by atoms with Crippen molar-refractivity contribution in [2.45, 2.75) is 51.7 Å². The van der Waals surface area contributed by atoms with Crippen molar-refractivity contribution in [1.82, 2.24) is 30.0 Å². The van der Waals surface area contributed by atoms with Gasteiger partial charge < -0.3 is 19.4 Å². The number of aliphatic carboxylic acids is 1. The summed E-state index contributed by atoms with van der Waals surface area (Å²) in [6, 6.07) is 0. The highest BCUT2D eigenvalue weighted by atomic mass is 19.1. The monoisotopic (exact) mass is 480 g/mol. The van der Waals surface area contributed by atoms with E-state index in [0.717, 1.165) is 12.8 Å². The molecule has 3 rings (SSSR count). The number of alkyl halides is 1. The number of ether oxygens (including phenoxy) is 2. The summed E-state index contributed by atoms with van der Waals surface area (Å²) >= 11 is 0. The summed E-state index contributed by atoms with van der Waals surface area (Å²) < 4.78 is 24.8. The zero-order chi connectivity index (χ0) is 24.7. The van der Waals surface area contributed by atoms with E-state index in [1.807, 2.05) is 0 Å². The fourth-order valence-electron chi connectivity index (χ4n) is 3.68. The van der Waals surface area contributed by atoms with Gasteiger partial charge in [0.1, 0.15) is 35.5 Å². The van der Waals surface area contributed by atoms with Crippen LogP contribution in [-0.4, -0.2) is 73.6 Å². The first-order valence-electron chi connectivity index (χ1n) is 11.0. The van der Waals surface area contributed by atoms with E-state index < -0.39 is 24.7 Å². The molecule has 2 atom stereocenters. The first-order valence-corrected chi connectivity index (χ1v) is 11.0. The lowest BCUT2D eigenvalue weighted by atomic mass is 9.87. The fourth-order valence-corrected chi connectivity index (χ4v) is 3.68. The topological polar surface area (TPSA) is 142 Å². The average molecular weight is 480 g/mol. The quantitative estimate of drug-likeness (QED) is 0.396. The van der Waals surface area contributed by atoms with Gasteiger partial charge in [-0.3, -0.25) is 9.18 Å². The number of hydrogen-bond donors (Lipinski definition) is 1. The molecule has 12 nitrogen and oxygen atoms in total. The highest BCUT2D eigenvalue weighted by Crippen LogP contribution is 2.29. The van der Waals surface area contributed by atoms with Crippen LogP contribution in [0, 0.1) is 12.8 Å². The van der Waals surface area contributed by atoms with Gasteiger partial charge in [0.2, 0.25) is 5.88 Å². The molecule has 1 aliphatic rings. The Morgan fingerprint density at radius 1 is 1.35 bits per heavy atom. The number of aryl methyl sites for hydroxylation is 2. The van der Waals surface area contributed by atoms with Crippen LogP contribution in [0.15, 0.2) is 6.20 Å². The summed E-state index contributed by atoms with van der Waals surface area (Å²) in [5, 5.41) is 18.5. The molecule has 1 fully saturated rings. The molecule has 0 bridgehead atoms.